The fourth-order valence-corrected chi connectivity index (χ4v) is 0. The standard InChI is InChI=1S/4C2H4O2.K.H/c4*1-2(3)4;;/h4*1H3,(H,3,4);;. The molecule has 0 aromatic heterocycles. The molecular formula is C8H17KO8. The average molecular weight is 280 g/mol. The van der Waals surface area contributed by atoms with E-state index in [9.17, 15) is 0 Å². The van der Waals surface area contributed by atoms with Gasteiger partial charge in [-0.25, -0.2) is 0 Å². The number of carboxylic acid groups (broad SMARTS) is 4. The Morgan fingerprint density at radius 3 is 0.529 bits per heavy atom. The number of hydrogen-bond donors (Lipinski definition) is 4. The van der Waals surface area contributed by atoms with Gasteiger partial charge in [0.25, 0.3) is 23.9 Å². The van der Waals surface area contributed by atoms with Crippen LogP contribution in [0.5, 0.6) is 0 Å². The summed E-state index contributed by atoms with van der Waals surface area (Å²) in [5.74, 6) is -3.33. The van der Waals surface area contributed by atoms with Crippen LogP contribution < -0.4 is 0 Å². The number of carboxylic acids is 4. The molecule has 0 fully saturated rings. The Hall–Kier alpha value is -0.484. The summed E-state index contributed by atoms with van der Waals surface area (Å²) in [5, 5.41) is 29.7. The monoisotopic (exact) mass is 280 g/mol. The summed E-state index contributed by atoms with van der Waals surface area (Å²) in [5.41, 5.74) is 0. The first-order valence-electron chi connectivity index (χ1n) is 3.71. The van der Waals surface area contributed by atoms with E-state index in [0.717, 1.165) is 27.7 Å². The molecule has 0 aromatic carbocycles. The zero-order chi connectivity index (χ0) is 14.3. The van der Waals surface area contributed by atoms with Gasteiger partial charge in [0.15, 0.2) is 0 Å². The van der Waals surface area contributed by atoms with Gasteiger partial charge >= 0.3 is 51.4 Å². The Morgan fingerprint density at radius 2 is 0.529 bits per heavy atom. The van der Waals surface area contributed by atoms with Crippen LogP contribution in [-0.2, 0) is 19.2 Å². The first-order chi connectivity index (χ1) is 6.93. The number of hydrogen-bond acceptors (Lipinski definition) is 4. The van der Waals surface area contributed by atoms with Gasteiger partial charge in [-0.05, 0) is 0 Å². The van der Waals surface area contributed by atoms with Gasteiger partial charge in [-0.1, -0.05) is 0 Å². The Morgan fingerprint density at radius 1 is 0.529 bits per heavy atom. The van der Waals surface area contributed by atoms with Crippen LogP contribution in [0, 0.1) is 0 Å². The first kappa shape index (κ1) is 30.0. The van der Waals surface area contributed by atoms with Crippen molar-refractivity contribution in [2.24, 2.45) is 0 Å². The van der Waals surface area contributed by atoms with Gasteiger partial charge in [-0.2, -0.15) is 0 Å². The quantitative estimate of drug-likeness (QED) is 0.442. The Kier molecular flexibility index (Phi) is 43.5. The van der Waals surface area contributed by atoms with E-state index in [4.69, 9.17) is 39.6 Å². The molecule has 0 aliphatic heterocycles. The van der Waals surface area contributed by atoms with E-state index in [-0.39, 0.29) is 51.4 Å². The normalized spacial score (nSPS) is 5.88. The summed E-state index contributed by atoms with van der Waals surface area (Å²) in [6.07, 6.45) is 0. The van der Waals surface area contributed by atoms with E-state index in [2.05, 4.69) is 0 Å². The van der Waals surface area contributed by atoms with E-state index in [0.29, 0.717) is 0 Å². The molecule has 0 spiro atoms. The molecule has 0 aliphatic rings. The van der Waals surface area contributed by atoms with E-state index >= 15 is 0 Å². The Labute approximate surface area is 141 Å². The van der Waals surface area contributed by atoms with Crippen LogP contribution in [0.4, 0.5) is 0 Å². The van der Waals surface area contributed by atoms with Gasteiger partial charge in [-0.3, -0.25) is 19.2 Å². The topological polar surface area (TPSA) is 149 Å². The zero-order valence-electron chi connectivity index (χ0n) is 9.42. The van der Waals surface area contributed by atoms with Crippen molar-refractivity contribution in [3.8, 4) is 0 Å². The van der Waals surface area contributed by atoms with Crippen molar-refractivity contribution in [2.45, 2.75) is 27.7 Å². The molecule has 17 heavy (non-hydrogen) atoms. The van der Waals surface area contributed by atoms with Gasteiger partial charge in [-0.15, -0.1) is 0 Å². The van der Waals surface area contributed by atoms with E-state index in [1.807, 2.05) is 0 Å². The summed E-state index contributed by atoms with van der Waals surface area (Å²) in [7, 11) is 0. The molecule has 0 rings (SSSR count). The predicted octanol–water partition coefficient (Wildman–Crippen LogP) is -0.285. The summed E-state index contributed by atoms with van der Waals surface area (Å²) >= 11 is 0. The summed E-state index contributed by atoms with van der Waals surface area (Å²) < 4.78 is 0. The van der Waals surface area contributed by atoms with Crippen molar-refractivity contribution in [1.29, 1.82) is 0 Å². The maximum atomic E-state index is 9.00. The molecule has 4 N–H and O–H groups in total. The van der Waals surface area contributed by atoms with Crippen molar-refractivity contribution in [1.82, 2.24) is 0 Å². The molecule has 0 atom stereocenters. The molecular weight excluding hydrogens is 263 g/mol. The van der Waals surface area contributed by atoms with Crippen LogP contribution >= 0.6 is 0 Å². The molecule has 9 heteroatoms. The molecule has 0 unspecified atom stereocenters. The van der Waals surface area contributed by atoms with Gasteiger partial charge in [0.1, 0.15) is 0 Å². The molecule has 0 heterocycles. The fraction of sp³-hybridized carbons (Fsp3) is 0.500. The molecule has 8 nitrogen and oxygen atoms in total. The third-order valence-corrected chi connectivity index (χ3v) is 0. The average Bonchev–Trinajstić information content (AvgIpc) is 1.76. The van der Waals surface area contributed by atoms with Crippen LogP contribution in [0.2, 0.25) is 0 Å². The van der Waals surface area contributed by atoms with Crippen LogP contribution in [-0.4, -0.2) is 95.7 Å². The van der Waals surface area contributed by atoms with Gasteiger partial charge in [0, 0.05) is 27.7 Å². The fourth-order valence-electron chi connectivity index (χ4n) is 0. The van der Waals surface area contributed by atoms with E-state index in [1.165, 1.54) is 0 Å². The second-order valence-corrected chi connectivity index (χ2v) is 2.08. The maximum absolute atomic E-state index is 9.00. The van der Waals surface area contributed by atoms with Crippen molar-refractivity contribution < 1.29 is 39.6 Å². The third-order valence-electron chi connectivity index (χ3n) is 0. The molecule has 0 bridgehead atoms. The van der Waals surface area contributed by atoms with E-state index < -0.39 is 23.9 Å². The second-order valence-electron chi connectivity index (χ2n) is 2.08. The first-order valence-corrected chi connectivity index (χ1v) is 3.71. The molecule has 98 valence electrons. The van der Waals surface area contributed by atoms with Crippen LogP contribution in [0.15, 0.2) is 0 Å². The third kappa shape index (κ3) is 12100. The van der Waals surface area contributed by atoms with Gasteiger partial charge in [0.2, 0.25) is 0 Å². The van der Waals surface area contributed by atoms with Crippen molar-refractivity contribution in [3.05, 3.63) is 0 Å². The number of rotatable bonds is 0. The molecule has 0 saturated heterocycles. The Bertz CT molecular complexity index is 162. The molecule has 0 aliphatic carbocycles. The SMILES string of the molecule is CC(=O)O.CC(=O)O.CC(=O)O.CC(=O)O.[KH]. The Balaban J connectivity index is -0.0000000369. The molecule has 0 amide bonds. The van der Waals surface area contributed by atoms with Gasteiger partial charge < -0.3 is 20.4 Å². The van der Waals surface area contributed by atoms with Crippen LogP contribution in [0.3, 0.4) is 0 Å². The van der Waals surface area contributed by atoms with Gasteiger partial charge in [0.05, 0.1) is 0 Å². The predicted molar refractivity (Wildman–Crippen MR) is 60.4 cm³/mol. The summed E-state index contributed by atoms with van der Waals surface area (Å²) in [6.45, 7) is 4.33. The zero-order valence-corrected chi connectivity index (χ0v) is 9.42. The van der Waals surface area contributed by atoms with E-state index in [1.54, 1.807) is 0 Å². The van der Waals surface area contributed by atoms with Crippen molar-refractivity contribution >= 4 is 75.3 Å². The second kappa shape index (κ2) is 24.7. The minimum absolute atomic E-state index is 0. The molecule has 0 radical (unpaired) electrons. The summed E-state index contributed by atoms with van der Waals surface area (Å²) in [6, 6.07) is 0. The number of carbonyl (C=O) groups is 4. The molecule has 0 saturated carbocycles. The van der Waals surface area contributed by atoms with Crippen molar-refractivity contribution in [2.75, 3.05) is 0 Å². The number of aliphatic carboxylic acids is 4. The summed E-state index contributed by atoms with van der Waals surface area (Å²) in [4.78, 5) is 36.0. The van der Waals surface area contributed by atoms with Crippen LogP contribution in [0.25, 0.3) is 0 Å². The van der Waals surface area contributed by atoms with Crippen LogP contribution in [0.1, 0.15) is 27.7 Å². The molecule has 0 aromatic rings. The van der Waals surface area contributed by atoms with Crippen molar-refractivity contribution in [3.63, 3.8) is 0 Å². The minimum atomic E-state index is -0.833.